The molecule has 0 fully saturated rings. The van der Waals surface area contributed by atoms with E-state index in [0.717, 1.165) is 5.56 Å². The molecule has 0 aliphatic carbocycles. The number of aryl methyl sites for hydroxylation is 1. The van der Waals surface area contributed by atoms with E-state index in [1.807, 2.05) is 12.1 Å². The number of rotatable bonds is 2. The molecule has 5 heteroatoms. The maximum Gasteiger partial charge on any atom is 0.255 e. The van der Waals surface area contributed by atoms with E-state index in [-0.39, 0.29) is 17.3 Å². The van der Waals surface area contributed by atoms with E-state index < -0.39 is 0 Å². The summed E-state index contributed by atoms with van der Waals surface area (Å²) in [5, 5.41) is 2.63. The lowest BCUT2D eigenvalue weighted by molar-refractivity contribution is 0.0962. The van der Waals surface area contributed by atoms with Gasteiger partial charge < -0.3 is 11.1 Å². The number of carbonyl (C=O) groups excluding carboxylic acids is 1. The fourth-order valence-corrected chi connectivity index (χ4v) is 2.33. The lowest BCUT2D eigenvalue weighted by atomic mass is 9.86. The van der Waals surface area contributed by atoms with Crippen molar-refractivity contribution in [2.45, 2.75) is 33.1 Å². The Bertz CT molecular complexity index is 700. The van der Waals surface area contributed by atoms with Crippen molar-refractivity contribution in [1.82, 2.24) is 15.3 Å². The van der Waals surface area contributed by atoms with Crippen LogP contribution in [0.2, 0.25) is 0 Å². The number of nitrogen functional groups attached to an aromatic ring is 1. The Morgan fingerprint density at radius 1 is 1.14 bits per heavy atom. The molecule has 5 nitrogen and oxygen atoms in total. The molecule has 0 aliphatic rings. The Morgan fingerprint density at radius 3 is 2.23 bits per heavy atom. The number of nitrogens with two attached hydrogens (primary N) is 1. The Morgan fingerprint density at radius 2 is 1.73 bits per heavy atom. The molecule has 0 unspecified atom stereocenters. The summed E-state index contributed by atoms with van der Waals surface area (Å²) in [5.74, 6) is -0.0487. The number of nitrogens with zero attached hydrogens (tertiary/aromatic N) is 2. The average molecular weight is 298 g/mol. The van der Waals surface area contributed by atoms with Gasteiger partial charge in [-0.25, -0.2) is 9.97 Å². The van der Waals surface area contributed by atoms with E-state index in [0.29, 0.717) is 17.0 Å². The van der Waals surface area contributed by atoms with Gasteiger partial charge in [0.1, 0.15) is 0 Å². The molecule has 1 heterocycles. The topological polar surface area (TPSA) is 80.9 Å². The summed E-state index contributed by atoms with van der Waals surface area (Å²) >= 11 is 0. The predicted molar refractivity (Wildman–Crippen MR) is 88.7 cm³/mol. The average Bonchev–Trinajstić information content (AvgIpc) is 2.45. The molecular formula is C17H22N4O. The minimum absolute atomic E-state index is 0.0722. The van der Waals surface area contributed by atoms with Gasteiger partial charge in [0.2, 0.25) is 5.95 Å². The summed E-state index contributed by atoms with van der Waals surface area (Å²) in [6.45, 7) is 8.23. The van der Waals surface area contributed by atoms with E-state index in [4.69, 9.17) is 5.73 Å². The van der Waals surface area contributed by atoms with Crippen molar-refractivity contribution in [2.24, 2.45) is 0 Å². The quantitative estimate of drug-likeness (QED) is 0.893. The highest BCUT2D eigenvalue weighted by molar-refractivity contribution is 6.00. The first-order valence-electron chi connectivity index (χ1n) is 7.21. The van der Waals surface area contributed by atoms with Gasteiger partial charge in [0, 0.05) is 12.6 Å². The second-order valence-electron chi connectivity index (χ2n) is 6.30. The molecule has 0 saturated heterocycles. The Labute approximate surface area is 131 Å². The van der Waals surface area contributed by atoms with Crippen molar-refractivity contribution < 1.29 is 4.79 Å². The first kappa shape index (κ1) is 15.9. The van der Waals surface area contributed by atoms with Gasteiger partial charge in [0.25, 0.3) is 5.91 Å². The number of amides is 1. The second-order valence-corrected chi connectivity index (χ2v) is 6.30. The summed E-state index contributed by atoms with van der Waals surface area (Å²) in [6, 6.07) is 8.04. The first-order valence-corrected chi connectivity index (χ1v) is 7.21. The van der Waals surface area contributed by atoms with E-state index in [2.05, 4.69) is 48.2 Å². The van der Waals surface area contributed by atoms with Gasteiger partial charge in [-0.15, -0.1) is 0 Å². The molecule has 0 aliphatic heterocycles. The zero-order chi connectivity index (χ0) is 16.5. The zero-order valence-electron chi connectivity index (χ0n) is 13.7. The number of carbonyl (C=O) groups is 1. The molecule has 2 rings (SSSR count). The van der Waals surface area contributed by atoms with Crippen LogP contribution in [0.3, 0.4) is 0 Å². The molecule has 0 spiro atoms. The Hall–Kier alpha value is -2.43. The van der Waals surface area contributed by atoms with Crippen molar-refractivity contribution in [3.63, 3.8) is 0 Å². The predicted octanol–water partition coefficient (Wildman–Crippen LogP) is 2.69. The molecular weight excluding hydrogens is 276 g/mol. The molecule has 0 bridgehead atoms. The Kier molecular flexibility index (Phi) is 4.17. The van der Waals surface area contributed by atoms with E-state index >= 15 is 0 Å². The third-order valence-corrected chi connectivity index (χ3v) is 3.59. The Balaban J connectivity index is 2.59. The van der Waals surface area contributed by atoms with Crippen LogP contribution in [0.15, 0.2) is 24.3 Å². The number of hydrogen-bond acceptors (Lipinski definition) is 4. The molecule has 1 amide bonds. The number of nitrogens with one attached hydrogen (secondary N) is 1. The monoisotopic (exact) mass is 298 g/mol. The van der Waals surface area contributed by atoms with Crippen LogP contribution in [0.1, 0.15) is 42.4 Å². The molecule has 22 heavy (non-hydrogen) atoms. The molecule has 0 atom stereocenters. The highest BCUT2D eigenvalue weighted by Crippen LogP contribution is 2.28. The molecule has 116 valence electrons. The van der Waals surface area contributed by atoms with E-state index in [1.165, 1.54) is 5.56 Å². The smallest absolute Gasteiger partial charge is 0.255 e. The SMILES string of the molecule is CNC(=O)c1c(C)nc(N)nc1-c1ccc(C(C)(C)C)cc1. The standard InChI is InChI=1S/C17H22N4O/c1-10-13(15(22)19-5)14(21-16(18)20-10)11-6-8-12(9-7-11)17(2,3)4/h6-9H,1-5H3,(H,19,22)(H2,18,20,21). The van der Waals surface area contributed by atoms with Gasteiger partial charge in [0.05, 0.1) is 17.0 Å². The van der Waals surface area contributed by atoms with E-state index in [1.54, 1.807) is 14.0 Å². The third-order valence-electron chi connectivity index (χ3n) is 3.59. The van der Waals surface area contributed by atoms with Gasteiger partial charge in [-0.1, -0.05) is 45.0 Å². The summed E-state index contributed by atoms with van der Waals surface area (Å²) < 4.78 is 0. The van der Waals surface area contributed by atoms with Crippen LogP contribution in [0.5, 0.6) is 0 Å². The normalized spacial score (nSPS) is 11.3. The van der Waals surface area contributed by atoms with Crippen molar-refractivity contribution >= 4 is 11.9 Å². The minimum atomic E-state index is -0.215. The maximum atomic E-state index is 12.1. The van der Waals surface area contributed by atoms with Crippen LogP contribution in [0.25, 0.3) is 11.3 Å². The van der Waals surface area contributed by atoms with Crippen LogP contribution in [0.4, 0.5) is 5.95 Å². The van der Waals surface area contributed by atoms with Crippen molar-refractivity contribution in [3.8, 4) is 11.3 Å². The zero-order valence-corrected chi connectivity index (χ0v) is 13.7. The van der Waals surface area contributed by atoms with Gasteiger partial charge in [-0.3, -0.25) is 4.79 Å². The largest absolute Gasteiger partial charge is 0.368 e. The summed E-state index contributed by atoms with van der Waals surface area (Å²) in [5.41, 5.74) is 9.48. The number of anilines is 1. The van der Waals surface area contributed by atoms with Gasteiger partial charge in [-0.2, -0.15) is 0 Å². The molecule has 0 saturated carbocycles. The van der Waals surface area contributed by atoms with Crippen molar-refractivity contribution in [1.29, 1.82) is 0 Å². The lowest BCUT2D eigenvalue weighted by Crippen LogP contribution is -2.22. The number of aromatic nitrogens is 2. The van der Waals surface area contributed by atoms with Crippen molar-refractivity contribution in [2.75, 3.05) is 12.8 Å². The van der Waals surface area contributed by atoms with Crippen LogP contribution in [0, 0.1) is 6.92 Å². The van der Waals surface area contributed by atoms with Crippen LogP contribution < -0.4 is 11.1 Å². The molecule has 0 radical (unpaired) electrons. The maximum absolute atomic E-state index is 12.1. The van der Waals surface area contributed by atoms with Crippen LogP contribution in [-0.4, -0.2) is 22.9 Å². The second kappa shape index (κ2) is 5.75. The lowest BCUT2D eigenvalue weighted by Gasteiger charge is -2.19. The van der Waals surface area contributed by atoms with Crippen LogP contribution >= 0.6 is 0 Å². The van der Waals surface area contributed by atoms with E-state index in [9.17, 15) is 4.79 Å². The molecule has 3 N–H and O–H groups in total. The minimum Gasteiger partial charge on any atom is -0.368 e. The van der Waals surface area contributed by atoms with Gasteiger partial charge in [0.15, 0.2) is 0 Å². The fourth-order valence-electron chi connectivity index (χ4n) is 2.33. The fraction of sp³-hybridized carbons (Fsp3) is 0.353. The molecule has 2 aromatic rings. The number of benzene rings is 1. The summed E-state index contributed by atoms with van der Waals surface area (Å²) in [7, 11) is 1.59. The van der Waals surface area contributed by atoms with Gasteiger partial charge >= 0.3 is 0 Å². The van der Waals surface area contributed by atoms with Crippen LogP contribution in [-0.2, 0) is 5.41 Å². The first-order chi connectivity index (χ1) is 10.2. The molecule has 1 aromatic carbocycles. The van der Waals surface area contributed by atoms with Gasteiger partial charge in [-0.05, 0) is 17.9 Å². The summed E-state index contributed by atoms with van der Waals surface area (Å²) in [4.78, 5) is 20.5. The highest BCUT2D eigenvalue weighted by atomic mass is 16.1. The third kappa shape index (κ3) is 3.08. The van der Waals surface area contributed by atoms with Crippen molar-refractivity contribution in [3.05, 3.63) is 41.1 Å². The summed E-state index contributed by atoms with van der Waals surface area (Å²) in [6.07, 6.45) is 0. The number of hydrogen-bond donors (Lipinski definition) is 2. The highest BCUT2D eigenvalue weighted by Gasteiger charge is 2.19. The molecule has 1 aromatic heterocycles.